The van der Waals surface area contributed by atoms with Crippen LogP contribution in [0.4, 0.5) is 0 Å². The first kappa shape index (κ1) is 14.8. The van der Waals surface area contributed by atoms with Crippen molar-refractivity contribution >= 4 is 23.4 Å². The molecule has 0 aromatic carbocycles. The lowest BCUT2D eigenvalue weighted by Gasteiger charge is -2.07. The van der Waals surface area contributed by atoms with Gasteiger partial charge in [0.25, 0.3) is 0 Å². The quantitative estimate of drug-likeness (QED) is 0.911. The molecule has 2 aromatic rings. The number of nitrogens with zero attached hydrogens (tertiary/aromatic N) is 5. The summed E-state index contributed by atoms with van der Waals surface area (Å²) >= 11 is 7.13. The lowest BCUT2D eigenvalue weighted by Crippen LogP contribution is -2.04. The van der Waals surface area contributed by atoms with Crippen LogP contribution in [0.25, 0.3) is 0 Å². The molecule has 8 heteroatoms. The Hall–Kier alpha value is -1.62. The molecule has 104 valence electrons. The molecule has 0 bridgehead atoms. The van der Waals surface area contributed by atoms with Gasteiger partial charge in [-0.25, -0.2) is 4.98 Å². The Morgan fingerprint density at radius 2 is 2.25 bits per heavy atom. The number of nitriles is 1. The first-order chi connectivity index (χ1) is 9.69. The van der Waals surface area contributed by atoms with Gasteiger partial charge in [-0.15, -0.1) is 10.2 Å². The molecular formula is C12H12ClN5OS. The van der Waals surface area contributed by atoms with E-state index in [0.717, 1.165) is 6.42 Å². The molecule has 0 saturated heterocycles. The van der Waals surface area contributed by atoms with Crippen molar-refractivity contribution in [2.75, 3.05) is 0 Å². The van der Waals surface area contributed by atoms with Crippen LogP contribution in [0.5, 0.6) is 0 Å². The molecule has 0 radical (unpaired) electrons. The van der Waals surface area contributed by atoms with Crippen LogP contribution >= 0.6 is 23.4 Å². The van der Waals surface area contributed by atoms with E-state index >= 15 is 0 Å². The van der Waals surface area contributed by atoms with Crippen LogP contribution in [0.3, 0.4) is 0 Å². The third kappa shape index (κ3) is 3.10. The Kier molecular flexibility index (Phi) is 4.95. The molecule has 2 rings (SSSR count). The molecular weight excluding hydrogens is 298 g/mol. The number of rotatable bonds is 5. The number of pyridine rings is 1. The Morgan fingerprint density at radius 3 is 2.90 bits per heavy atom. The normalized spacial score (nSPS) is 10.5. The predicted octanol–water partition coefficient (Wildman–Crippen LogP) is 2.25. The molecule has 6 nitrogen and oxygen atoms in total. The molecule has 2 heterocycles. The Balaban J connectivity index is 2.30. The zero-order valence-electron chi connectivity index (χ0n) is 10.7. The maximum Gasteiger partial charge on any atom is 0.197 e. The summed E-state index contributed by atoms with van der Waals surface area (Å²) in [5, 5.41) is 27.7. The van der Waals surface area contributed by atoms with E-state index in [-0.39, 0.29) is 12.3 Å². The molecule has 0 aliphatic heterocycles. The zero-order chi connectivity index (χ0) is 14.5. The van der Waals surface area contributed by atoms with Gasteiger partial charge in [-0.3, -0.25) is 0 Å². The molecule has 0 spiro atoms. The number of hydrogen-bond donors (Lipinski definition) is 1. The molecule has 2 aromatic heterocycles. The summed E-state index contributed by atoms with van der Waals surface area (Å²) in [5.41, 5.74) is 0.181. The standard InChI is InChI=1S/C12H12ClN5OS/c1-2-5-18-10(7-19)16-17-12(18)20-11-4-3-8(13)9(6-14)15-11/h3-4,19H,2,5,7H2,1H3. The highest BCUT2D eigenvalue weighted by molar-refractivity contribution is 7.99. The lowest BCUT2D eigenvalue weighted by atomic mass is 10.4. The van der Waals surface area contributed by atoms with Crippen molar-refractivity contribution in [3.8, 4) is 6.07 Å². The van der Waals surface area contributed by atoms with E-state index in [1.807, 2.05) is 17.6 Å². The first-order valence-electron chi connectivity index (χ1n) is 5.97. The molecule has 0 aliphatic carbocycles. The van der Waals surface area contributed by atoms with Crippen molar-refractivity contribution in [1.29, 1.82) is 5.26 Å². The van der Waals surface area contributed by atoms with Gasteiger partial charge in [0.15, 0.2) is 16.7 Å². The predicted molar refractivity (Wildman–Crippen MR) is 74.3 cm³/mol. The van der Waals surface area contributed by atoms with Crippen LogP contribution in [0, 0.1) is 11.3 Å². The van der Waals surface area contributed by atoms with Crippen LogP contribution in [-0.4, -0.2) is 24.9 Å². The third-order valence-electron chi connectivity index (χ3n) is 2.50. The van der Waals surface area contributed by atoms with E-state index < -0.39 is 0 Å². The second-order valence-electron chi connectivity index (χ2n) is 3.90. The zero-order valence-corrected chi connectivity index (χ0v) is 12.3. The molecule has 0 aliphatic rings. The largest absolute Gasteiger partial charge is 0.388 e. The van der Waals surface area contributed by atoms with E-state index in [2.05, 4.69) is 15.2 Å². The molecule has 0 fully saturated rings. The van der Waals surface area contributed by atoms with Gasteiger partial charge >= 0.3 is 0 Å². The van der Waals surface area contributed by atoms with E-state index in [1.54, 1.807) is 12.1 Å². The molecule has 1 N–H and O–H groups in total. The van der Waals surface area contributed by atoms with Crippen molar-refractivity contribution in [3.63, 3.8) is 0 Å². The second-order valence-corrected chi connectivity index (χ2v) is 5.30. The minimum atomic E-state index is -0.162. The minimum Gasteiger partial charge on any atom is -0.388 e. The van der Waals surface area contributed by atoms with Gasteiger partial charge in [0.1, 0.15) is 17.7 Å². The van der Waals surface area contributed by atoms with Gasteiger partial charge in [0, 0.05) is 6.54 Å². The minimum absolute atomic E-state index is 0.162. The van der Waals surface area contributed by atoms with Crippen LogP contribution in [0.2, 0.25) is 5.02 Å². The molecule has 0 amide bonds. The molecule has 0 unspecified atom stereocenters. The summed E-state index contributed by atoms with van der Waals surface area (Å²) in [4.78, 5) is 4.15. The fraction of sp³-hybridized carbons (Fsp3) is 0.333. The van der Waals surface area contributed by atoms with Gasteiger partial charge < -0.3 is 9.67 Å². The van der Waals surface area contributed by atoms with Gasteiger partial charge in [-0.05, 0) is 30.3 Å². The van der Waals surface area contributed by atoms with Crippen LogP contribution < -0.4 is 0 Å². The highest BCUT2D eigenvalue weighted by atomic mass is 35.5. The lowest BCUT2D eigenvalue weighted by molar-refractivity contribution is 0.263. The summed E-state index contributed by atoms with van der Waals surface area (Å²) in [7, 11) is 0. The van der Waals surface area contributed by atoms with E-state index in [0.29, 0.717) is 27.6 Å². The van der Waals surface area contributed by atoms with Gasteiger partial charge in [0.2, 0.25) is 0 Å². The molecule has 20 heavy (non-hydrogen) atoms. The van der Waals surface area contributed by atoms with Crippen LogP contribution in [-0.2, 0) is 13.2 Å². The fourth-order valence-electron chi connectivity index (χ4n) is 1.61. The third-order valence-corrected chi connectivity index (χ3v) is 3.73. The first-order valence-corrected chi connectivity index (χ1v) is 7.16. The number of aromatic nitrogens is 4. The molecule has 0 atom stereocenters. The average Bonchev–Trinajstić information content (AvgIpc) is 2.83. The topological polar surface area (TPSA) is 87.6 Å². The smallest absolute Gasteiger partial charge is 0.197 e. The maximum atomic E-state index is 9.23. The monoisotopic (exact) mass is 309 g/mol. The Morgan fingerprint density at radius 1 is 1.45 bits per heavy atom. The van der Waals surface area contributed by atoms with Crippen molar-refractivity contribution in [2.45, 2.75) is 36.7 Å². The van der Waals surface area contributed by atoms with E-state index in [4.69, 9.17) is 16.9 Å². The number of hydrogen-bond acceptors (Lipinski definition) is 6. The Labute approximate surface area is 125 Å². The highest BCUT2D eigenvalue weighted by Crippen LogP contribution is 2.27. The van der Waals surface area contributed by atoms with E-state index in [9.17, 15) is 5.11 Å². The summed E-state index contributed by atoms with van der Waals surface area (Å²) in [6, 6.07) is 5.29. The summed E-state index contributed by atoms with van der Waals surface area (Å²) in [6.45, 7) is 2.58. The Bertz CT molecular complexity index is 652. The van der Waals surface area contributed by atoms with Crippen LogP contribution in [0.15, 0.2) is 22.3 Å². The second kappa shape index (κ2) is 6.70. The van der Waals surface area contributed by atoms with Crippen molar-refractivity contribution in [3.05, 3.63) is 28.7 Å². The number of aliphatic hydroxyl groups excluding tert-OH is 1. The van der Waals surface area contributed by atoms with Gasteiger partial charge in [-0.2, -0.15) is 5.26 Å². The van der Waals surface area contributed by atoms with Gasteiger partial charge in [0.05, 0.1) is 5.02 Å². The van der Waals surface area contributed by atoms with Gasteiger partial charge in [-0.1, -0.05) is 18.5 Å². The number of halogens is 1. The van der Waals surface area contributed by atoms with Crippen molar-refractivity contribution in [1.82, 2.24) is 19.7 Å². The summed E-state index contributed by atoms with van der Waals surface area (Å²) in [5.74, 6) is 0.517. The maximum absolute atomic E-state index is 9.23. The van der Waals surface area contributed by atoms with Crippen molar-refractivity contribution in [2.24, 2.45) is 0 Å². The van der Waals surface area contributed by atoms with Crippen molar-refractivity contribution < 1.29 is 5.11 Å². The summed E-state index contributed by atoms with van der Waals surface area (Å²) < 4.78 is 1.84. The highest BCUT2D eigenvalue weighted by Gasteiger charge is 2.13. The average molecular weight is 310 g/mol. The SMILES string of the molecule is CCCn1c(CO)nnc1Sc1ccc(Cl)c(C#N)n1. The van der Waals surface area contributed by atoms with Crippen LogP contribution in [0.1, 0.15) is 24.9 Å². The van der Waals surface area contributed by atoms with E-state index in [1.165, 1.54) is 11.8 Å². The fourth-order valence-corrected chi connectivity index (χ4v) is 2.61. The molecule has 0 saturated carbocycles. The summed E-state index contributed by atoms with van der Waals surface area (Å²) in [6.07, 6.45) is 0.899. The number of aliphatic hydroxyl groups is 1.